The smallest absolute Gasteiger partial charge is 0.310 e. The summed E-state index contributed by atoms with van der Waals surface area (Å²) in [5, 5.41) is 0.385. The largest absolute Gasteiger partial charge is 0.489 e. The summed E-state index contributed by atoms with van der Waals surface area (Å²) in [6.07, 6.45) is 6.98. The second-order valence-corrected chi connectivity index (χ2v) is 7.20. The van der Waals surface area contributed by atoms with Crippen LogP contribution >= 0.6 is 0 Å². The Labute approximate surface area is 181 Å². The number of para-hydroxylation sites is 1. The standard InChI is InChI=1S/C26H25FO4/c1-5-8-19(11-17(2)3)21-12-18(13-22-23(27)16-31-26(21)22)15-30-24-10-7-6-9-20(24)14-25(28)29-4/h5-13,16H,2,14-15H2,1,3-4H3/b8-5-,19-11+. The molecule has 0 spiro atoms. The molecule has 5 heteroatoms. The number of methoxy groups -OCH3 is 1. The fraction of sp³-hybridized carbons (Fsp3) is 0.192. The maximum atomic E-state index is 14.4. The normalized spacial score (nSPS) is 11.8. The molecule has 0 aliphatic heterocycles. The zero-order valence-corrected chi connectivity index (χ0v) is 17.9. The lowest BCUT2D eigenvalue weighted by atomic mass is 9.98. The average molecular weight is 420 g/mol. The number of allylic oxidation sites excluding steroid dienone is 5. The Kier molecular flexibility index (Phi) is 7.08. The number of esters is 1. The Balaban J connectivity index is 1.98. The first-order chi connectivity index (χ1) is 14.9. The number of rotatable bonds is 8. The molecule has 0 amide bonds. The zero-order chi connectivity index (χ0) is 22.4. The molecule has 1 aromatic heterocycles. The number of carbonyl (C=O) groups is 1. The third-order valence-electron chi connectivity index (χ3n) is 4.67. The molecular formula is C26H25FO4. The van der Waals surface area contributed by atoms with Gasteiger partial charge in [-0.1, -0.05) is 48.6 Å². The van der Waals surface area contributed by atoms with Gasteiger partial charge in [-0.15, -0.1) is 0 Å². The Morgan fingerprint density at radius 2 is 2.03 bits per heavy atom. The third kappa shape index (κ3) is 5.31. The van der Waals surface area contributed by atoms with E-state index in [2.05, 4.69) is 6.58 Å². The second-order valence-electron chi connectivity index (χ2n) is 7.20. The summed E-state index contributed by atoms with van der Waals surface area (Å²) < 4.78 is 30.6. The molecule has 31 heavy (non-hydrogen) atoms. The van der Waals surface area contributed by atoms with Gasteiger partial charge in [0.1, 0.15) is 24.2 Å². The highest BCUT2D eigenvalue weighted by Crippen LogP contribution is 2.32. The highest BCUT2D eigenvalue weighted by atomic mass is 19.1. The monoisotopic (exact) mass is 420 g/mol. The van der Waals surface area contributed by atoms with E-state index in [0.29, 0.717) is 16.7 Å². The molecule has 3 aromatic rings. The van der Waals surface area contributed by atoms with Gasteiger partial charge >= 0.3 is 5.97 Å². The van der Waals surface area contributed by atoms with Crippen molar-refractivity contribution in [3.63, 3.8) is 0 Å². The maximum absolute atomic E-state index is 14.4. The lowest BCUT2D eigenvalue weighted by molar-refractivity contribution is -0.139. The molecule has 0 unspecified atom stereocenters. The van der Waals surface area contributed by atoms with E-state index in [0.717, 1.165) is 34.1 Å². The van der Waals surface area contributed by atoms with E-state index in [1.54, 1.807) is 12.1 Å². The summed E-state index contributed by atoms with van der Waals surface area (Å²) in [6, 6.07) is 10.9. The fourth-order valence-corrected chi connectivity index (χ4v) is 3.31. The van der Waals surface area contributed by atoms with Gasteiger partial charge in [0.15, 0.2) is 5.82 Å². The lowest BCUT2D eigenvalue weighted by Crippen LogP contribution is -2.07. The molecule has 3 rings (SSSR count). The van der Waals surface area contributed by atoms with Crippen LogP contribution in [0.15, 0.2) is 77.5 Å². The van der Waals surface area contributed by atoms with Crippen LogP contribution in [0.1, 0.15) is 30.5 Å². The van der Waals surface area contributed by atoms with Gasteiger partial charge in [0.25, 0.3) is 0 Å². The van der Waals surface area contributed by atoms with Crippen LogP contribution in [0.2, 0.25) is 0 Å². The van der Waals surface area contributed by atoms with Crippen LogP contribution in [0.4, 0.5) is 4.39 Å². The van der Waals surface area contributed by atoms with Crippen LogP contribution in [-0.2, 0) is 22.6 Å². The number of hydrogen-bond acceptors (Lipinski definition) is 4. The molecule has 0 saturated carbocycles. The van der Waals surface area contributed by atoms with E-state index < -0.39 is 5.82 Å². The summed E-state index contributed by atoms with van der Waals surface area (Å²) in [4.78, 5) is 11.7. The van der Waals surface area contributed by atoms with Crippen molar-refractivity contribution in [3.8, 4) is 5.75 Å². The number of benzene rings is 2. The molecule has 0 aliphatic rings. The minimum absolute atomic E-state index is 0.111. The van der Waals surface area contributed by atoms with Crippen molar-refractivity contribution >= 4 is 22.5 Å². The molecule has 160 valence electrons. The topological polar surface area (TPSA) is 48.7 Å². The lowest BCUT2D eigenvalue weighted by Gasteiger charge is -2.13. The van der Waals surface area contributed by atoms with E-state index in [9.17, 15) is 9.18 Å². The SMILES string of the molecule is C=C(C)/C=C(\C=C/C)c1cc(COc2ccccc2CC(=O)OC)cc2c(F)coc12. The molecule has 0 N–H and O–H groups in total. The van der Waals surface area contributed by atoms with Crippen molar-refractivity contribution in [2.75, 3.05) is 7.11 Å². The number of ether oxygens (including phenoxy) is 2. The summed E-state index contributed by atoms with van der Waals surface area (Å²) >= 11 is 0. The van der Waals surface area contributed by atoms with Crippen LogP contribution in [0, 0.1) is 5.82 Å². The Hall–Kier alpha value is -3.60. The predicted molar refractivity (Wildman–Crippen MR) is 120 cm³/mol. The molecule has 0 bridgehead atoms. The second kappa shape index (κ2) is 9.94. The van der Waals surface area contributed by atoms with Gasteiger partial charge in [0, 0.05) is 11.1 Å². The highest BCUT2D eigenvalue weighted by Gasteiger charge is 2.15. The average Bonchev–Trinajstić information content (AvgIpc) is 3.12. The van der Waals surface area contributed by atoms with Gasteiger partial charge < -0.3 is 13.9 Å². The Morgan fingerprint density at radius 1 is 1.26 bits per heavy atom. The van der Waals surface area contributed by atoms with Gasteiger partial charge in [-0.2, -0.15) is 0 Å². The number of carbonyl (C=O) groups excluding carboxylic acids is 1. The highest BCUT2D eigenvalue weighted by molar-refractivity contribution is 5.94. The molecular weight excluding hydrogens is 395 g/mol. The molecule has 0 atom stereocenters. The number of furan rings is 1. The van der Waals surface area contributed by atoms with Gasteiger partial charge in [-0.05, 0) is 43.2 Å². The van der Waals surface area contributed by atoms with Gasteiger partial charge in [0.2, 0.25) is 0 Å². The molecule has 0 fully saturated rings. The van der Waals surface area contributed by atoms with Crippen molar-refractivity contribution < 1.29 is 23.1 Å². The summed E-state index contributed by atoms with van der Waals surface area (Å²) in [5.74, 6) is -0.200. The number of halogens is 1. The maximum Gasteiger partial charge on any atom is 0.310 e. The minimum atomic E-state index is -0.431. The predicted octanol–water partition coefficient (Wildman–Crippen LogP) is 6.40. The van der Waals surface area contributed by atoms with Crippen molar-refractivity contribution in [2.24, 2.45) is 0 Å². The molecule has 1 heterocycles. The van der Waals surface area contributed by atoms with Gasteiger partial charge in [-0.25, -0.2) is 4.39 Å². The summed E-state index contributed by atoms with van der Waals surface area (Å²) in [5.41, 5.74) is 4.45. The molecule has 0 radical (unpaired) electrons. The van der Waals surface area contributed by atoms with Crippen molar-refractivity contribution in [2.45, 2.75) is 26.9 Å². The summed E-state index contributed by atoms with van der Waals surface area (Å²) in [6.45, 7) is 7.96. The Morgan fingerprint density at radius 3 is 2.74 bits per heavy atom. The van der Waals surface area contributed by atoms with Gasteiger partial charge in [0.05, 0.1) is 18.9 Å². The first-order valence-corrected chi connectivity index (χ1v) is 9.90. The Bertz CT molecular complexity index is 1170. The number of fused-ring (bicyclic) bond motifs is 1. The van der Waals surface area contributed by atoms with Crippen LogP contribution < -0.4 is 4.74 Å². The summed E-state index contributed by atoms with van der Waals surface area (Å²) in [7, 11) is 1.35. The van der Waals surface area contributed by atoms with E-state index in [-0.39, 0.29) is 19.0 Å². The third-order valence-corrected chi connectivity index (χ3v) is 4.67. The zero-order valence-electron chi connectivity index (χ0n) is 17.9. The van der Waals surface area contributed by atoms with Crippen molar-refractivity contribution in [1.82, 2.24) is 0 Å². The van der Waals surface area contributed by atoms with Crippen molar-refractivity contribution in [1.29, 1.82) is 0 Å². The van der Waals surface area contributed by atoms with Crippen LogP contribution in [0.25, 0.3) is 16.5 Å². The first kappa shape index (κ1) is 22.1. The number of hydrogen-bond donors (Lipinski definition) is 0. The van der Waals surface area contributed by atoms with Gasteiger partial charge in [-0.3, -0.25) is 4.79 Å². The molecule has 2 aromatic carbocycles. The fourth-order valence-electron chi connectivity index (χ4n) is 3.31. The first-order valence-electron chi connectivity index (χ1n) is 9.90. The van der Waals surface area contributed by atoms with Crippen LogP contribution in [0.3, 0.4) is 0 Å². The quantitative estimate of drug-likeness (QED) is 0.312. The van der Waals surface area contributed by atoms with E-state index in [1.807, 2.05) is 56.3 Å². The van der Waals surface area contributed by atoms with E-state index in [1.165, 1.54) is 7.11 Å². The minimum Gasteiger partial charge on any atom is -0.489 e. The van der Waals surface area contributed by atoms with Crippen LogP contribution in [0.5, 0.6) is 5.75 Å². The van der Waals surface area contributed by atoms with E-state index in [4.69, 9.17) is 13.9 Å². The molecule has 4 nitrogen and oxygen atoms in total. The van der Waals surface area contributed by atoms with E-state index >= 15 is 0 Å². The molecule has 0 aliphatic carbocycles. The van der Waals surface area contributed by atoms with Crippen LogP contribution in [-0.4, -0.2) is 13.1 Å². The van der Waals surface area contributed by atoms with Crippen molar-refractivity contribution in [3.05, 3.63) is 95.5 Å². The molecule has 0 saturated heterocycles.